The quantitative estimate of drug-likeness (QED) is 0.612. The number of rotatable bonds is 6. The van der Waals surface area contributed by atoms with Crippen molar-refractivity contribution in [3.8, 4) is 0 Å². The van der Waals surface area contributed by atoms with Gasteiger partial charge in [0.15, 0.2) is 9.84 Å². The molecule has 4 aliphatic rings. The third-order valence-corrected chi connectivity index (χ3v) is 9.33. The molecule has 33 heavy (non-hydrogen) atoms. The molecule has 4 saturated carbocycles. The molecule has 0 aromatic heterocycles. The fourth-order valence-corrected chi connectivity index (χ4v) is 8.50. The minimum atomic E-state index is -3.41. The van der Waals surface area contributed by atoms with Crippen LogP contribution in [0.3, 0.4) is 0 Å². The summed E-state index contributed by atoms with van der Waals surface area (Å²) in [5.41, 5.74) is 4.67. The van der Waals surface area contributed by atoms with E-state index in [4.69, 9.17) is 0 Å². The van der Waals surface area contributed by atoms with Crippen molar-refractivity contribution in [1.82, 2.24) is 0 Å². The lowest BCUT2D eigenvalue weighted by Gasteiger charge is -2.57. The molecular weight excluding hydrogens is 432 g/mol. The molecule has 0 unspecified atom stereocenters. The van der Waals surface area contributed by atoms with Crippen molar-refractivity contribution in [2.75, 3.05) is 23.4 Å². The summed E-state index contributed by atoms with van der Waals surface area (Å²) in [6, 6.07) is 12.1. The second-order valence-corrected chi connectivity index (χ2v) is 12.9. The monoisotopic (exact) mass is 466 g/mol. The van der Waals surface area contributed by atoms with E-state index in [1.165, 1.54) is 50.3 Å². The van der Waals surface area contributed by atoms with Gasteiger partial charge in [-0.15, -0.1) is 0 Å². The average molecular weight is 467 g/mol. The Labute approximate surface area is 197 Å². The number of aryl methyl sites for hydroxylation is 2. The Hall–Kier alpha value is -2.34. The maximum Gasteiger partial charge on any atom is 0.243 e. The van der Waals surface area contributed by atoms with Gasteiger partial charge in [-0.3, -0.25) is 4.79 Å². The Balaban J connectivity index is 1.25. The molecule has 4 fully saturated rings. The number of hydrogen-bond donors (Lipinski definition) is 2. The Kier molecular flexibility index (Phi) is 5.55. The zero-order valence-electron chi connectivity index (χ0n) is 19.8. The van der Waals surface area contributed by atoms with E-state index < -0.39 is 9.84 Å². The number of carbonyl (C=O) groups is 1. The lowest BCUT2D eigenvalue weighted by Crippen LogP contribution is -2.48. The fraction of sp³-hybridized carbons (Fsp3) is 0.519. The van der Waals surface area contributed by atoms with Crippen molar-refractivity contribution in [3.05, 3.63) is 53.1 Å². The van der Waals surface area contributed by atoms with E-state index in [1.807, 2.05) is 25.1 Å². The third kappa shape index (κ3) is 4.42. The second-order valence-electron chi connectivity index (χ2n) is 10.9. The van der Waals surface area contributed by atoms with E-state index >= 15 is 0 Å². The molecule has 2 N–H and O–H groups in total. The molecule has 0 heterocycles. The Morgan fingerprint density at radius 2 is 1.55 bits per heavy atom. The highest BCUT2D eigenvalue weighted by molar-refractivity contribution is 7.91. The summed E-state index contributed by atoms with van der Waals surface area (Å²) >= 11 is 0. The maximum atomic E-state index is 12.6. The number of nitrogens with one attached hydrogen (secondary N) is 2. The van der Waals surface area contributed by atoms with Gasteiger partial charge in [-0.05, 0) is 110 Å². The molecule has 5 nitrogen and oxygen atoms in total. The van der Waals surface area contributed by atoms with E-state index in [1.54, 1.807) is 13.0 Å². The van der Waals surface area contributed by atoms with Crippen LogP contribution in [0.5, 0.6) is 0 Å². The van der Waals surface area contributed by atoms with Crippen molar-refractivity contribution in [2.24, 2.45) is 17.8 Å². The lowest BCUT2D eigenvalue weighted by atomic mass is 9.48. The largest absolute Gasteiger partial charge is 0.375 e. The molecule has 2 aromatic carbocycles. The molecule has 0 aliphatic heterocycles. The van der Waals surface area contributed by atoms with Crippen molar-refractivity contribution in [2.45, 2.75) is 62.7 Å². The standard InChI is InChI=1S/C27H34N2O3S/c1-17-8-18(2)26(33(3,31)32)24(9-17)28-16-25(30)29-23-6-4-22(5-7-23)27-13-19-10-20(14-27)12-21(11-19)15-27/h4-9,19-21,28H,10-16H2,1-3H3,(H,29,30). The Bertz CT molecular complexity index is 1150. The number of anilines is 2. The van der Waals surface area contributed by atoms with E-state index in [0.29, 0.717) is 16.7 Å². The van der Waals surface area contributed by atoms with Gasteiger partial charge in [0.2, 0.25) is 5.91 Å². The number of benzene rings is 2. The first kappa shape index (κ1) is 22.5. The predicted octanol–water partition coefficient (Wildman–Crippen LogP) is 5.23. The van der Waals surface area contributed by atoms with Gasteiger partial charge in [0.25, 0.3) is 0 Å². The van der Waals surface area contributed by atoms with Crippen LogP contribution in [0.2, 0.25) is 0 Å². The SMILES string of the molecule is Cc1cc(C)c(S(C)(=O)=O)c(NCC(=O)Nc2ccc(C34CC5CC(CC(C5)C3)C4)cc2)c1. The Morgan fingerprint density at radius 3 is 2.09 bits per heavy atom. The van der Waals surface area contributed by atoms with Gasteiger partial charge in [0, 0.05) is 11.9 Å². The molecule has 176 valence electrons. The zero-order chi connectivity index (χ0) is 23.4. The van der Waals surface area contributed by atoms with Gasteiger partial charge in [-0.2, -0.15) is 0 Å². The lowest BCUT2D eigenvalue weighted by molar-refractivity contribution is -0.114. The van der Waals surface area contributed by atoms with Crippen molar-refractivity contribution in [1.29, 1.82) is 0 Å². The molecule has 0 spiro atoms. The van der Waals surface area contributed by atoms with Gasteiger partial charge >= 0.3 is 0 Å². The first-order valence-electron chi connectivity index (χ1n) is 12.1. The summed E-state index contributed by atoms with van der Waals surface area (Å²) in [7, 11) is -3.41. The number of amides is 1. The predicted molar refractivity (Wildman–Crippen MR) is 132 cm³/mol. The summed E-state index contributed by atoms with van der Waals surface area (Å²) < 4.78 is 24.5. The maximum absolute atomic E-state index is 12.6. The van der Waals surface area contributed by atoms with Gasteiger partial charge < -0.3 is 10.6 Å². The van der Waals surface area contributed by atoms with Gasteiger partial charge in [0.1, 0.15) is 0 Å². The third-order valence-electron chi connectivity index (χ3n) is 8.05. The van der Waals surface area contributed by atoms with Crippen LogP contribution < -0.4 is 10.6 Å². The van der Waals surface area contributed by atoms with E-state index in [0.717, 1.165) is 29.0 Å². The van der Waals surface area contributed by atoms with Crippen LogP contribution in [-0.2, 0) is 20.0 Å². The van der Waals surface area contributed by atoms with Gasteiger partial charge in [-0.1, -0.05) is 18.2 Å². The summed E-state index contributed by atoms with van der Waals surface area (Å²) in [5, 5.41) is 5.98. The van der Waals surface area contributed by atoms with Crippen LogP contribution in [0.15, 0.2) is 41.3 Å². The van der Waals surface area contributed by atoms with E-state index in [-0.39, 0.29) is 17.3 Å². The highest BCUT2D eigenvalue weighted by atomic mass is 32.2. The van der Waals surface area contributed by atoms with Crippen LogP contribution in [0.25, 0.3) is 0 Å². The average Bonchev–Trinajstić information content (AvgIpc) is 2.70. The second kappa shape index (κ2) is 8.15. The van der Waals surface area contributed by atoms with Gasteiger partial charge in [-0.25, -0.2) is 8.42 Å². The van der Waals surface area contributed by atoms with Crippen LogP contribution in [0.1, 0.15) is 55.2 Å². The summed E-state index contributed by atoms with van der Waals surface area (Å²) in [5.74, 6) is 2.52. The first-order valence-corrected chi connectivity index (χ1v) is 14.0. The minimum Gasteiger partial charge on any atom is -0.375 e. The van der Waals surface area contributed by atoms with Crippen molar-refractivity contribution < 1.29 is 13.2 Å². The zero-order valence-corrected chi connectivity index (χ0v) is 20.6. The molecule has 1 amide bonds. The summed E-state index contributed by atoms with van der Waals surface area (Å²) in [4.78, 5) is 12.9. The normalized spacial score (nSPS) is 28.0. The molecule has 6 rings (SSSR count). The molecule has 4 bridgehead atoms. The van der Waals surface area contributed by atoms with Crippen LogP contribution in [0.4, 0.5) is 11.4 Å². The van der Waals surface area contributed by atoms with Crippen LogP contribution in [0, 0.1) is 31.6 Å². The van der Waals surface area contributed by atoms with Crippen LogP contribution in [-0.4, -0.2) is 27.1 Å². The molecule has 0 atom stereocenters. The number of carbonyl (C=O) groups excluding carboxylic acids is 1. The van der Waals surface area contributed by atoms with E-state index in [2.05, 4.69) is 22.8 Å². The molecule has 4 aliphatic carbocycles. The van der Waals surface area contributed by atoms with Gasteiger partial charge in [0.05, 0.1) is 17.1 Å². The van der Waals surface area contributed by atoms with Crippen molar-refractivity contribution >= 4 is 27.1 Å². The number of sulfone groups is 1. The van der Waals surface area contributed by atoms with Crippen LogP contribution >= 0.6 is 0 Å². The smallest absolute Gasteiger partial charge is 0.243 e. The minimum absolute atomic E-state index is 0.00213. The fourth-order valence-electron chi connectivity index (χ4n) is 7.33. The molecule has 2 aromatic rings. The van der Waals surface area contributed by atoms with Crippen molar-refractivity contribution in [3.63, 3.8) is 0 Å². The highest BCUT2D eigenvalue weighted by Crippen LogP contribution is 2.60. The topological polar surface area (TPSA) is 75.3 Å². The first-order chi connectivity index (χ1) is 15.6. The highest BCUT2D eigenvalue weighted by Gasteiger charge is 2.51. The Morgan fingerprint density at radius 1 is 0.970 bits per heavy atom. The molecule has 0 saturated heterocycles. The number of hydrogen-bond acceptors (Lipinski definition) is 4. The molecule has 6 heteroatoms. The summed E-state index contributed by atoms with van der Waals surface area (Å²) in [6.07, 6.45) is 9.47. The van der Waals surface area contributed by atoms with E-state index in [9.17, 15) is 13.2 Å². The molecule has 0 radical (unpaired) electrons. The summed E-state index contributed by atoms with van der Waals surface area (Å²) in [6.45, 7) is 3.69. The molecular formula is C27H34N2O3S.